The predicted octanol–water partition coefficient (Wildman–Crippen LogP) is 2.95. The summed E-state index contributed by atoms with van der Waals surface area (Å²) in [6.45, 7) is 4.98. The minimum atomic E-state index is 0.227. The van der Waals surface area contributed by atoms with Crippen LogP contribution in [-0.2, 0) is 6.54 Å². The number of nitrogens with zero attached hydrogens (tertiary/aromatic N) is 3. The SMILES string of the molecule is Cc1nc2sccn2c1CN[C@@H](C)c1ccccn1. The summed E-state index contributed by atoms with van der Waals surface area (Å²) in [4.78, 5) is 9.98. The number of aromatic nitrogens is 3. The molecule has 3 heterocycles. The first kappa shape index (κ1) is 12.3. The molecule has 19 heavy (non-hydrogen) atoms. The first-order valence-corrected chi connectivity index (χ1v) is 7.19. The minimum Gasteiger partial charge on any atom is -0.303 e. The quantitative estimate of drug-likeness (QED) is 0.794. The lowest BCUT2D eigenvalue weighted by Gasteiger charge is -2.13. The fourth-order valence-electron chi connectivity index (χ4n) is 2.14. The van der Waals surface area contributed by atoms with Crippen molar-refractivity contribution in [3.63, 3.8) is 0 Å². The van der Waals surface area contributed by atoms with Crippen LogP contribution in [0.5, 0.6) is 0 Å². The van der Waals surface area contributed by atoms with Crippen LogP contribution in [0.25, 0.3) is 4.96 Å². The molecule has 0 aliphatic rings. The van der Waals surface area contributed by atoms with Crippen LogP contribution >= 0.6 is 11.3 Å². The van der Waals surface area contributed by atoms with Gasteiger partial charge in [-0.15, -0.1) is 11.3 Å². The number of rotatable bonds is 4. The molecule has 0 spiro atoms. The number of pyridine rings is 1. The van der Waals surface area contributed by atoms with E-state index in [0.717, 1.165) is 22.9 Å². The Hall–Kier alpha value is -1.72. The van der Waals surface area contributed by atoms with Crippen molar-refractivity contribution >= 4 is 16.3 Å². The van der Waals surface area contributed by atoms with Crippen LogP contribution in [0.4, 0.5) is 0 Å². The van der Waals surface area contributed by atoms with Crippen LogP contribution in [0.2, 0.25) is 0 Å². The molecule has 0 aromatic carbocycles. The Morgan fingerprint density at radius 3 is 3.11 bits per heavy atom. The van der Waals surface area contributed by atoms with Gasteiger partial charge in [-0.05, 0) is 26.0 Å². The van der Waals surface area contributed by atoms with E-state index in [4.69, 9.17) is 0 Å². The van der Waals surface area contributed by atoms with Gasteiger partial charge in [0.05, 0.1) is 17.1 Å². The van der Waals surface area contributed by atoms with E-state index in [-0.39, 0.29) is 6.04 Å². The number of aryl methyl sites for hydroxylation is 1. The number of nitrogens with one attached hydrogen (secondary N) is 1. The van der Waals surface area contributed by atoms with E-state index < -0.39 is 0 Å². The molecule has 1 N–H and O–H groups in total. The van der Waals surface area contributed by atoms with Gasteiger partial charge in [0.1, 0.15) is 0 Å². The zero-order valence-electron chi connectivity index (χ0n) is 11.0. The average Bonchev–Trinajstić information content (AvgIpc) is 2.98. The minimum absolute atomic E-state index is 0.227. The smallest absolute Gasteiger partial charge is 0.194 e. The normalized spacial score (nSPS) is 12.9. The third-order valence-corrected chi connectivity index (χ3v) is 4.02. The van der Waals surface area contributed by atoms with Gasteiger partial charge in [-0.3, -0.25) is 9.38 Å². The van der Waals surface area contributed by atoms with E-state index in [2.05, 4.69) is 45.1 Å². The van der Waals surface area contributed by atoms with E-state index in [1.54, 1.807) is 11.3 Å². The fourth-order valence-corrected chi connectivity index (χ4v) is 2.92. The Bertz CT molecular complexity index is 671. The first-order valence-electron chi connectivity index (χ1n) is 6.31. The highest BCUT2D eigenvalue weighted by molar-refractivity contribution is 7.15. The number of hydrogen-bond acceptors (Lipinski definition) is 4. The summed E-state index contributed by atoms with van der Waals surface area (Å²) in [6.07, 6.45) is 3.90. The van der Waals surface area contributed by atoms with Gasteiger partial charge in [-0.2, -0.15) is 0 Å². The van der Waals surface area contributed by atoms with Crippen LogP contribution in [-0.4, -0.2) is 14.4 Å². The standard InChI is InChI=1S/C14H16N4S/c1-10(12-5-3-4-6-15-12)16-9-13-11(2)17-14-18(13)7-8-19-14/h3-8,10,16H,9H2,1-2H3/t10-/m0/s1. The highest BCUT2D eigenvalue weighted by atomic mass is 32.1. The molecular formula is C14H16N4S. The molecule has 1 atom stereocenters. The average molecular weight is 272 g/mol. The lowest BCUT2D eigenvalue weighted by atomic mass is 10.2. The van der Waals surface area contributed by atoms with E-state index in [1.165, 1.54) is 5.69 Å². The summed E-state index contributed by atoms with van der Waals surface area (Å²) in [5, 5.41) is 5.57. The van der Waals surface area contributed by atoms with E-state index >= 15 is 0 Å². The summed E-state index contributed by atoms with van der Waals surface area (Å²) in [6, 6.07) is 6.22. The summed E-state index contributed by atoms with van der Waals surface area (Å²) in [5.41, 5.74) is 3.37. The maximum Gasteiger partial charge on any atom is 0.194 e. The third kappa shape index (κ3) is 2.39. The Balaban J connectivity index is 1.76. The highest BCUT2D eigenvalue weighted by Crippen LogP contribution is 2.17. The molecule has 3 aromatic heterocycles. The fraction of sp³-hybridized carbons (Fsp3) is 0.286. The van der Waals surface area contributed by atoms with Crippen molar-refractivity contribution in [2.75, 3.05) is 0 Å². The van der Waals surface area contributed by atoms with E-state index in [9.17, 15) is 0 Å². The van der Waals surface area contributed by atoms with Crippen molar-refractivity contribution in [3.8, 4) is 0 Å². The molecule has 0 saturated heterocycles. The maximum atomic E-state index is 4.55. The van der Waals surface area contributed by atoms with E-state index in [0.29, 0.717) is 0 Å². The zero-order valence-corrected chi connectivity index (χ0v) is 11.8. The molecule has 98 valence electrons. The molecule has 0 unspecified atom stereocenters. The second-order valence-corrected chi connectivity index (χ2v) is 5.43. The van der Waals surface area contributed by atoms with Crippen LogP contribution in [0.1, 0.15) is 30.0 Å². The number of thiazole rings is 1. The highest BCUT2D eigenvalue weighted by Gasteiger charge is 2.11. The molecule has 0 bridgehead atoms. The molecule has 0 fully saturated rings. The molecule has 0 amide bonds. The zero-order chi connectivity index (χ0) is 13.2. The summed E-state index contributed by atoms with van der Waals surface area (Å²) in [7, 11) is 0. The second kappa shape index (κ2) is 5.11. The summed E-state index contributed by atoms with van der Waals surface area (Å²) >= 11 is 1.66. The van der Waals surface area contributed by atoms with Gasteiger partial charge in [0.15, 0.2) is 4.96 Å². The first-order chi connectivity index (χ1) is 9.25. The van der Waals surface area contributed by atoms with Gasteiger partial charge in [-0.1, -0.05) is 6.07 Å². The number of imidazole rings is 1. The Morgan fingerprint density at radius 2 is 2.32 bits per heavy atom. The second-order valence-electron chi connectivity index (χ2n) is 4.56. The van der Waals surface area contributed by atoms with Gasteiger partial charge in [0.25, 0.3) is 0 Å². The van der Waals surface area contributed by atoms with Crippen molar-refractivity contribution in [1.82, 2.24) is 19.7 Å². The predicted molar refractivity (Wildman–Crippen MR) is 77.3 cm³/mol. The summed E-state index contributed by atoms with van der Waals surface area (Å²) < 4.78 is 2.15. The third-order valence-electron chi connectivity index (χ3n) is 3.27. The Labute approximate surface area is 116 Å². The molecule has 3 rings (SSSR count). The van der Waals surface area contributed by atoms with Gasteiger partial charge in [-0.25, -0.2) is 4.98 Å². The lowest BCUT2D eigenvalue weighted by molar-refractivity contribution is 0.552. The number of hydrogen-bond donors (Lipinski definition) is 1. The maximum absolute atomic E-state index is 4.55. The largest absolute Gasteiger partial charge is 0.303 e. The van der Waals surface area contributed by atoms with Crippen LogP contribution < -0.4 is 5.32 Å². The van der Waals surface area contributed by atoms with Crippen LogP contribution in [0.15, 0.2) is 36.0 Å². The van der Waals surface area contributed by atoms with Gasteiger partial charge < -0.3 is 5.32 Å². The van der Waals surface area contributed by atoms with Crippen molar-refractivity contribution < 1.29 is 0 Å². The molecule has 5 heteroatoms. The van der Waals surface area contributed by atoms with Crippen molar-refractivity contribution in [3.05, 3.63) is 53.1 Å². The Kier molecular flexibility index (Phi) is 3.31. The molecule has 4 nitrogen and oxygen atoms in total. The van der Waals surface area contributed by atoms with Gasteiger partial charge in [0.2, 0.25) is 0 Å². The monoisotopic (exact) mass is 272 g/mol. The lowest BCUT2D eigenvalue weighted by Crippen LogP contribution is -2.20. The molecule has 0 aliphatic heterocycles. The topological polar surface area (TPSA) is 42.2 Å². The van der Waals surface area contributed by atoms with Crippen LogP contribution in [0, 0.1) is 6.92 Å². The van der Waals surface area contributed by atoms with E-state index in [1.807, 2.05) is 24.4 Å². The molecule has 3 aromatic rings. The van der Waals surface area contributed by atoms with Crippen molar-refractivity contribution in [2.45, 2.75) is 26.4 Å². The molecule has 0 saturated carbocycles. The van der Waals surface area contributed by atoms with Gasteiger partial charge >= 0.3 is 0 Å². The van der Waals surface area contributed by atoms with Crippen molar-refractivity contribution in [2.24, 2.45) is 0 Å². The molecule has 0 aliphatic carbocycles. The van der Waals surface area contributed by atoms with Crippen molar-refractivity contribution in [1.29, 1.82) is 0 Å². The molecule has 0 radical (unpaired) electrons. The van der Waals surface area contributed by atoms with Gasteiger partial charge in [0, 0.05) is 30.4 Å². The van der Waals surface area contributed by atoms with Crippen LogP contribution in [0.3, 0.4) is 0 Å². The molecular weight excluding hydrogens is 256 g/mol. The summed E-state index contributed by atoms with van der Waals surface area (Å²) in [5.74, 6) is 0. The number of fused-ring (bicyclic) bond motifs is 1. The Morgan fingerprint density at radius 1 is 1.42 bits per heavy atom.